The molecule has 5 aliphatic rings. The molecule has 71 heavy (non-hydrogen) atoms. The van der Waals surface area contributed by atoms with Gasteiger partial charge in [-0.05, 0) is 105 Å². The van der Waals surface area contributed by atoms with Gasteiger partial charge in [-0.15, -0.1) is 13.2 Å². The van der Waals surface area contributed by atoms with E-state index in [1.807, 2.05) is 113 Å². The molecule has 2 saturated heterocycles. The Morgan fingerprint density at radius 1 is 0.451 bits per heavy atom. The van der Waals surface area contributed by atoms with Gasteiger partial charge in [0.05, 0.1) is 12.2 Å². The predicted octanol–water partition coefficient (Wildman–Crippen LogP) is 19.2. The fourth-order valence-electron chi connectivity index (χ4n) is 9.38. The van der Waals surface area contributed by atoms with Crippen molar-refractivity contribution in [3.8, 4) is 0 Å². The third-order valence-electron chi connectivity index (χ3n) is 12.3. The Hall–Kier alpha value is -4.63. The largest absolute Gasteiger partial charge is 0.402 e. The van der Waals surface area contributed by atoms with Gasteiger partial charge in [-0.25, -0.2) is 0 Å². The number of aliphatic hydroxyl groups is 1. The van der Waals surface area contributed by atoms with Gasteiger partial charge in [-0.2, -0.15) is 0 Å². The fourth-order valence-corrected chi connectivity index (χ4v) is 9.38. The van der Waals surface area contributed by atoms with E-state index >= 15 is 0 Å². The second kappa shape index (κ2) is 36.3. The van der Waals surface area contributed by atoms with Gasteiger partial charge in [-0.1, -0.05) is 254 Å². The zero-order valence-corrected chi connectivity index (χ0v) is 49.0. The maximum absolute atomic E-state index is 10.7. The zero-order chi connectivity index (χ0) is 52.0. The van der Waals surface area contributed by atoms with E-state index in [1.165, 1.54) is 61.2 Å². The van der Waals surface area contributed by atoms with E-state index in [4.69, 9.17) is 9.47 Å². The zero-order valence-electron chi connectivity index (χ0n) is 46.1. The molecular formula is C67H91O3W-. The van der Waals surface area contributed by atoms with Gasteiger partial charge in [0.1, 0.15) is 12.2 Å². The predicted molar refractivity (Wildman–Crippen MR) is 305 cm³/mol. The summed E-state index contributed by atoms with van der Waals surface area (Å²) in [6.07, 6.45) is 10.1. The van der Waals surface area contributed by atoms with Crippen LogP contribution in [-0.2, 0) is 49.8 Å². The van der Waals surface area contributed by atoms with Crippen LogP contribution >= 0.6 is 0 Å². The Bertz CT molecular complexity index is 2260. The van der Waals surface area contributed by atoms with Crippen molar-refractivity contribution in [3.63, 3.8) is 0 Å². The summed E-state index contributed by atoms with van der Waals surface area (Å²) >= 11 is 0. The number of allylic oxidation sites excluding steroid dienone is 2. The number of rotatable bonds is 3. The van der Waals surface area contributed by atoms with E-state index in [0.29, 0.717) is 18.1 Å². The van der Waals surface area contributed by atoms with Crippen LogP contribution in [0.5, 0.6) is 0 Å². The summed E-state index contributed by atoms with van der Waals surface area (Å²) in [6, 6.07) is 51.4. The summed E-state index contributed by atoms with van der Waals surface area (Å²) in [5.74, 6) is 0.569. The third kappa shape index (κ3) is 17.2. The van der Waals surface area contributed by atoms with Crippen LogP contribution < -0.4 is 0 Å². The standard InChI is InChI=1S/C18H17O.C18H18O.C15H12O.C4H8.6C2H6.W/c1-12-10-17-15-8-4-2-6-13(15)11-14-7-3-5-9-16(14)18(17)19-12;1-2-7-17-15-10-5-3-8-13(15)12-14-9-4-6-11-16(14)18(17)19;1-3-7-12-10(5-1)9-11-6-2-4-8-13(11)15-14(12)16-15;1-3-4-2;6*1-2;/h2-9,12,17-18H,1,10-11H2;2-6,8-11,17-19H,1,7,12H2;1-8,14-15H,9H2;3H,1,4H2,2H3;6*1-2H3;/q-1;;;;;;;;;;. The normalized spacial score (nSPS) is 19.7. The number of epoxide rings is 1. The Morgan fingerprint density at radius 3 is 1.13 bits per heavy atom. The molecule has 3 aliphatic carbocycles. The molecule has 0 aromatic heterocycles. The van der Waals surface area contributed by atoms with Crippen molar-refractivity contribution in [1.82, 2.24) is 0 Å². The van der Waals surface area contributed by atoms with Crippen molar-refractivity contribution in [3.05, 3.63) is 245 Å². The maximum atomic E-state index is 10.7. The van der Waals surface area contributed by atoms with Crippen LogP contribution in [-0.4, -0.2) is 11.2 Å². The van der Waals surface area contributed by atoms with E-state index in [0.717, 1.165) is 44.1 Å². The van der Waals surface area contributed by atoms with Gasteiger partial charge in [-0.3, -0.25) is 0 Å². The number of benzene rings is 6. The Kier molecular flexibility index (Phi) is 32.9. The number of aliphatic hydroxyl groups excluding tert-OH is 1. The second-order valence-electron chi connectivity index (χ2n) is 16.0. The van der Waals surface area contributed by atoms with Gasteiger partial charge in [0.15, 0.2) is 0 Å². The van der Waals surface area contributed by atoms with Crippen molar-refractivity contribution in [1.29, 1.82) is 0 Å². The topological polar surface area (TPSA) is 42.0 Å². The molecule has 0 amide bonds. The van der Waals surface area contributed by atoms with Gasteiger partial charge in [0, 0.05) is 32.9 Å². The molecule has 7 atom stereocenters. The molecule has 6 aromatic carbocycles. The molecule has 2 heterocycles. The Balaban J connectivity index is 0.000000463. The van der Waals surface area contributed by atoms with Crippen LogP contribution in [0, 0.1) is 6.92 Å². The molecule has 0 spiro atoms. The molecule has 11 rings (SSSR count). The molecule has 4 heteroatoms. The monoisotopic (exact) mass is 1130 g/mol. The summed E-state index contributed by atoms with van der Waals surface area (Å²) in [7, 11) is 0. The molecule has 2 fully saturated rings. The summed E-state index contributed by atoms with van der Waals surface area (Å²) < 4.78 is 11.9. The molecular weight excluding hydrogens is 1040 g/mol. The van der Waals surface area contributed by atoms with Crippen LogP contribution in [0.2, 0.25) is 0 Å². The first-order valence-electron chi connectivity index (χ1n) is 27.0. The first-order chi connectivity index (χ1) is 34.5. The van der Waals surface area contributed by atoms with Crippen molar-refractivity contribution >= 4 is 0 Å². The number of fused-ring (bicyclic) bond motifs is 12. The first-order valence-corrected chi connectivity index (χ1v) is 27.0. The molecule has 0 saturated carbocycles. The van der Waals surface area contributed by atoms with E-state index in [-0.39, 0.29) is 39.2 Å². The van der Waals surface area contributed by atoms with Crippen LogP contribution in [0.25, 0.3) is 0 Å². The molecule has 1 N–H and O–H groups in total. The van der Waals surface area contributed by atoms with Crippen LogP contribution in [0.4, 0.5) is 0 Å². The van der Waals surface area contributed by atoms with Crippen molar-refractivity contribution < 1.29 is 35.6 Å². The Labute approximate surface area is 448 Å². The van der Waals surface area contributed by atoms with E-state index in [9.17, 15) is 5.11 Å². The molecule has 2 aliphatic heterocycles. The van der Waals surface area contributed by atoms with Gasteiger partial charge in [0.2, 0.25) is 0 Å². The van der Waals surface area contributed by atoms with Crippen LogP contribution in [0.1, 0.15) is 212 Å². The molecule has 0 radical (unpaired) electrons. The van der Waals surface area contributed by atoms with Gasteiger partial charge in [0.25, 0.3) is 0 Å². The second-order valence-corrected chi connectivity index (χ2v) is 16.0. The first kappa shape index (κ1) is 64.4. The number of hydrogen-bond donors (Lipinski definition) is 1. The molecule has 384 valence electrons. The van der Waals surface area contributed by atoms with Crippen LogP contribution in [0.15, 0.2) is 171 Å². The summed E-state index contributed by atoms with van der Waals surface area (Å²) in [5, 5.41) is 10.7. The molecule has 3 nitrogen and oxygen atoms in total. The third-order valence-corrected chi connectivity index (χ3v) is 12.3. The summed E-state index contributed by atoms with van der Waals surface area (Å²) in [4.78, 5) is 0. The number of ether oxygens (including phenoxy) is 2. The minimum atomic E-state index is -0.446. The average molecular weight is 1130 g/mol. The molecule has 7 unspecified atom stereocenters. The number of hydrogen-bond acceptors (Lipinski definition) is 3. The Morgan fingerprint density at radius 2 is 0.746 bits per heavy atom. The maximum Gasteiger partial charge on any atom is 0.114 e. The molecule has 6 aromatic rings. The quantitative estimate of drug-likeness (QED) is 0.109. The SMILES string of the molecule is C=CCC.C=CCC1c2ccccc2Cc2ccccc2C1O.CC.CC.CC.CC.CC.CC.[CH2-]C1CC2c3ccccc3Cc3ccccc3C2O1.[W].c1ccc2c(c1)Cc1ccccc1C1OC21. The average Bonchev–Trinajstić information content (AvgIpc) is 4.20. The van der Waals surface area contributed by atoms with E-state index in [2.05, 4.69) is 154 Å². The smallest absolute Gasteiger partial charge is 0.114 e. The minimum absolute atomic E-state index is 0. The van der Waals surface area contributed by atoms with Gasteiger partial charge < -0.3 is 21.5 Å². The van der Waals surface area contributed by atoms with E-state index < -0.39 is 6.10 Å². The summed E-state index contributed by atoms with van der Waals surface area (Å²) in [5.41, 5.74) is 16.1. The van der Waals surface area contributed by atoms with Gasteiger partial charge >= 0.3 is 0 Å². The van der Waals surface area contributed by atoms with Crippen molar-refractivity contribution in [2.75, 3.05) is 0 Å². The summed E-state index contributed by atoms with van der Waals surface area (Å²) in [6.45, 7) is 37.5. The fraction of sp³-hybridized carbons (Fsp3) is 0.388. The van der Waals surface area contributed by atoms with Crippen molar-refractivity contribution in [2.24, 2.45) is 0 Å². The van der Waals surface area contributed by atoms with Crippen molar-refractivity contribution in [2.45, 2.75) is 171 Å². The van der Waals surface area contributed by atoms with Crippen LogP contribution in [0.3, 0.4) is 0 Å². The molecule has 0 bridgehead atoms. The van der Waals surface area contributed by atoms with E-state index in [1.54, 1.807) is 0 Å². The minimum Gasteiger partial charge on any atom is -0.402 e.